The lowest BCUT2D eigenvalue weighted by Gasteiger charge is -2.16. The molecule has 0 aliphatic heterocycles. The van der Waals surface area contributed by atoms with Crippen LogP contribution in [0.5, 0.6) is 0 Å². The maximum atomic E-state index is 2.49. The van der Waals surface area contributed by atoms with Gasteiger partial charge in [0.25, 0.3) is 0 Å². The van der Waals surface area contributed by atoms with Gasteiger partial charge in [-0.3, -0.25) is 0 Å². The zero-order valence-electron chi connectivity index (χ0n) is 17.9. The zero-order chi connectivity index (χ0) is 18.7. The summed E-state index contributed by atoms with van der Waals surface area (Å²) in [7, 11) is 2.27. The van der Waals surface area contributed by atoms with Gasteiger partial charge < -0.3 is 4.90 Å². The molecule has 1 heteroatoms. The fourth-order valence-electron chi connectivity index (χ4n) is 3.65. The Bertz CT molecular complexity index is 386. The molecule has 0 N–H and O–H groups in total. The van der Waals surface area contributed by atoms with Crippen molar-refractivity contribution in [2.45, 2.75) is 103 Å². The summed E-state index contributed by atoms with van der Waals surface area (Å²) in [5, 5.41) is 0. The van der Waals surface area contributed by atoms with Gasteiger partial charge in [0.1, 0.15) is 0 Å². The van der Waals surface area contributed by atoms with Crippen molar-refractivity contribution in [1.82, 2.24) is 4.90 Å². The molecular weight excluding hydrogens is 314 g/mol. The number of likely N-dealkylation sites (N-methyl/N-ethyl adjacent to an activating group) is 1. The van der Waals surface area contributed by atoms with Crippen molar-refractivity contribution in [3.63, 3.8) is 0 Å². The van der Waals surface area contributed by atoms with Crippen LogP contribution in [0, 0.1) is 0 Å². The fourth-order valence-corrected chi connectivity index (χ4v) is 3.65. The summed E-state index contributed by atoms with van der Waals surface area (Å²) in [5.41, 5.74) is 1.46. The number of hydrogen-bond acceptors (Lipinski definition) is 1. The number of nitrogens with zero attached hydrogens (tertiary/aromatic N) is 1. The van der Waals surface area contributed by atoms with Gasteiger partial charge in [0.15, 0.2) is 0 Å². The lowest BCUT2D eigenvalue weighted by molar-refractivity contribution is 0.327. The monoisotopic (exact) mass is 359 g/mol. The molecular formula is C25H45N. The molecule has 0 aliphatic rings. The first kappa shape index (κ1) is 23.2. The van der Waals surface area contributed by atoms with E-state index >= 15 is 0 Å². The third-order valence-electron chi connectivity index (χ3n) is 5.52. The lowest BCUT2D eigenvalue weighted by atomic mass is 10.0. The second-order valence-electron chi connectivity index (χ2n) is 8.14. The van der Waals surface area contributed by atoms with E-state index in [1.807, 2.05) is 0 Å². The van der Waals surface area contributed by atoms with Gasteiger partial charge in [-0.25, -0.2) is 0 Å². The summed E-state index contributed by atoms with van der Waals surface area (Å²) in [4.78, 5) is 2.49. The minimum absolute atomic E-state index is 1.18. The standard InChI is InChI=1S/C25H45N/c1-3-4-5-6-7-8-9-10-11-12-13-14-15-19-23-26(2)24-22-25-20-17-16-18-21-25/h16-18,20-21H,3-15,19,22-24H2,1-2H3. The first-order valence-corrected chi connectivity index (χ1v) is 11.6. The lowest BCUT2D eigenvalue weighted by Crippen LogP contribution is -2.22. The summed E-state index contributed by atoms with van der Waals surface area (Å²) >= 11 is 0. The van der Waals surface area contributed by atoms with Gasteiger partial charge in [0.05, 0.1) is 0 Å². The summed E-state index contributed by atoms with van der Waals surface area (Å²) < 4.78 is 0. The molecule has 0 fully saturated rings. The maximum Gasteiger partial charge on any atom is 0.00188 e. The highest BCUT2D eigenvalue weighted by molar-refractivity contribution is 5.14. The molecule has 0 heterocycles. The van der Waals surface area contributed by atoms with Crippen LogP contribution < -0.4 is 0 Å². The van der Waals surface area contributed by atoms with Gasteiger partial charge in [0.2, 0.25) is 0 Å². The largest absolute Gasteiger partial charge is 0.306 e. The molecule has 0 amide bonds. The maximum absolute atomic E-state index is 2.49. The summed E-state index contributed by atoms with van der Waals surface area (Å²) in [6.07, 6.45) is 21.4. The van der Waals surface area contributed by atoms with Crippen molar-refractivity contribution in [1.29, 1.82) is 0 Å². The Labute approximate surface area is 164 Å². The molecule has 0 atom stereocenters. The highest BCUT2D eigenvalue weighted by atomic mass is 15.1. The zero-order valence-corrected chi connectivity index (χ0v) is 17.9. The average molecular weight is 360 g/mol. The molecule has 150 valence electrons. The van der Waals surface area contributed by atoms with Crippen LogP contribution in [0.2, 0.25) is 0 Å². The minimum atomic E-state index is 1.18. The molecule has 0 aromatic heterocycles. The van der Waals surface area contributed by atoms with Crippen LogP contribution in [0.4, 0.5) is 0 Å². The van der Waals surface area contributed by atoms with Gasteiger partial charge in [-0.2, -0.15) is 0 Å². The van der Waals surface area contributed by atoms with E-state index in [0.717, 1.165) is 0 Å². The van der Waals surface area contributed by atoms with Gasteiger partial charge >= 0.3 is 0 Å². The molecule has 0 saturated heterocycles. The van der Waals surface area contributed by atoms with Crippen LogP contribution >= 0.6 is 0 Å². The van der Waals surface area contributed by atoms with E-state index in [-0.39, 0.29) is 0 Å². The Morgan fingerprint density at radius 3 is 1.54 bits per heavy atom. The van der Waals surface area contributed by atoms with E-state index in [2.05, 4.69) is 49.2 Å². The SMILES string of the molecule is CCCCCCCCCCCCCCCCN(C)CCc1ccccc1. The minimum Gasteiger partial charge on any atom is -0.306 e. The number of unbranched alkanes of at least 4 members (excludes halogenated alkanes) is 13. The van der Waals surface area contributed by atoms with Crippen LogP contribution in [0.1, 0.15) is 102 Å². The van der Waals surface area contributed by atoms with Gasteiger partial charge in [-0.15, -0.1) is 0 Å². The van der Waals surface area contributed by atoms with E-state index < -0.39 is 0 Å². The van der Waals surface area contributed by atoms with E-state index in [1.54, 1.807) is 0 Å². The van der Waals surface area contributed by atoms with E-state index in [0.29, 0.717) is 0 Å². The molecule has 0 aliphatic carbocycles. The van der Waals surface area contributed by atoms with Crippen molar-refractivity contribution in [3.8, 4) is 0 Å². The summed E-state index contributed by atoms with van der Waals surface area (Å²) in [6.45, 7) is 4.73. The van der Waals surface area contributed by atoms with Crippen LogP contribution in [-0.4, -0.2) is 25.0 Å². The molecule has 1 aromatic carbocycles. The first-order valence-electron chi connectivity index (χ1n) is 11.6. The Morgan fingerprint density at radius 2 is 1.04 bits per heavy atom. The van der Waals surface area contributed by atoms with Crippen molar-refractivity contribution in [2.75, 3.05) is 20.1 Å². The predicted octanol–water partition coefficient (Wildman–Crippen LogP) is 7.64. The van der Waals surface area contributed by atoms with Gasteiger partial charge in [0, 0.05) is 6.54 Å². The number of rotatable bonds is 18. The van der Waals surface area contributed by atoms with Crippen LogP contribution in [-0.2, 0) is 6.42 Å². The van der Waals surface area contributed by atoms with Crippen molar-refractivity contribution >= 4 is 0 Å². The molecule has 1 nitrogen and oxygen atoms in total. The molecule has 1 aromatic rings. The molecule has 0 spiro atoms. The van der Waals surface area contributed by atoms with Crippen LogP contribution in [0.15, 0.2) is 30.3 Å². The van der Waals surface area contributed by atoms with E-state index in [4.69, 9.17) is 0 Å². The Kier molecular flexibility index (Phi) is 15.7. The number of hydrogen-bond donors (Lipinski definition) is 0. The third-order valence-corrected chi connectivity index (χ3v) is 5.52. The molecule has 0 radical (unpaired) electrons. The second-order valence-corrected chi connectivity index (χ2v) is 8.14. The molecule has 1 rings (SSSR count). The van der Waals surface area contributed by atoms with Crippen molar-refractivity contribution in [3.05, 3.63) is 35.9 Å². The Balaban J connectivity index is 1.77. The Morgan fingerprint density at radius 1 is 0.577 bits per heavy atom. The topological polar surface area (TPSA) is 3.24 Å². The summed E-state index contributed by atoms with van der Waals surface area (Å²) in [5.74, 6) is 0. The molecule has 0 unspecified atom stereocenters. The van der Waals surface area contributed by atoms with Crippen molar-refractivity contribution in [2.24, 2.45) is 0 Å². The van der Waals surface area contributed by atoms with E-state index in [1.165, 1.54) is 115 Å². The van der Waals surface area contributed by atoms with Crippen molar-refractivity contribution < 1.29 is 0 Å². The smallest absolute Gasteiger partial charge is 0.00188 e. The molecule has 0 saturated carbocycles. The quantitative estimate of drug-likeness (QED) is 0.243. The van der Waals surface area contributed by atoms with Crippen LogP contribution in [0.3, 0.4) is 0 Å². The van der Waals surface area contributed by atoms with Gasteiger partial charge in [-0.1, -0.05) is 121 Å². The van der Waals surface area contributed by atoms with E-state index in [9.17, 15) is 0 Å². The second kappa shape index (κ2) is 17.6. The predicted molar refractivity (Wildman–Crippen MR) is 118 cm³/mol. The Hall–Kier alpha value is -0.820. The average Bonchev–Trinajstić information content (AvgIpc) is 2.67. The normalized spacial score (nSPS) is 11.3. The first-order chi connectivity index (χ1) is 12.8. The number of benzene rings is 1. The van der Waals surface area contributed by atoms with Crippen LogP contribution in [0.25, 0.3) is 0 Å². The highest BCUT2D eigenvalue weighted by Gasteiger charge is 1.99. The molecule has 26 heavy (non-hydrogen) atoms. The third kappa shape index (κ3) is 14.4. The highest BCUT2D eigenvalue weighted by Crippen LogP contribution is 2.13. The fraction of sp³-hybridized carbons (Fsp3) is 0.760. The molecule has 0 bridgehead atoms. The van der Waals surface area contributed by atoms with Gasteiger partial charge in [-0.05, 0) is 32.0 Å². The summed E-state index contributed by atoms with van der Waals surface area (Å²) in [6, 6.07) is 10.9.